The number of nitrogens with zero attached hydrogens (tertiary/aromatic N) is 4. The number of guanidine groups is 1. The highest BCUT2D eigenvalue weighted by Gasteiger charge is 2.23. The molecule has 166 valence electrons. The van der Waals surface area contributed by atoms with Crippen molar-refractivity contribution in [2.45, 2.75) is 57.8 Å². The molecule has 2 aromatic heterocycles. The molecular formula is C22H34IN5O2. The number of piperidine rings is 1. The van der Waals surface area contributed by atoms with Crippen LogP contribution >= 0.6 is 24.0 Å². The second kappa shape index (κ2) is 11.3. The molecule has 0 radical (unpaired) electrons. The number of likely N-dealkylation sites (tertiary alicyclic amines) is 1. The van der Waals surface area contributed by atoms with Gasteiger partial charge in [0.1, 0.15) is 5.65 Å². The van der Waals surface area contributed by atoms with Crippen LogP contribution in [0.4, 0.5) is 0 Å². The summed E-state index contributed by atoms with van der Waals surface area (Å²) >= 11 is 0. The van der Waals surface area contributed by atoms with E-state index in [1.807, 2.05) is 7.05 Å². The SMILES string of the molecule is CN=C(NCc1cn2ccc(C)cc2n1)N1CCC(OCC2CCCCO2)CC1.I. The zero-order valence-electron chi connectivity index (χ0n) is 18.0. The minimum absolute atomic E-state index is 0. The van der Waals surface area contributed by atoms with Crippen molar-refractivity contribution in [1.29, 1.82) is 0 Å². The predicted molar refractivity (Wildman–Crippen MR) is 130 cm³/mol. The first kappa shape index (κ1) is 23.3. The van der Waals surface area contributed by atoms with Crippen LogP contribution in [0.1, 0.15) is 43.4 Å². The topological polar surface area (TPSA) is 63.4 Å². The molecule has 2 fully saturated rings. The molecule has 30 heavy (non-hydrogen) atoms. The van der Waals surface area contributed by atoms with Gasteiger partial charge in [0.2, 0.25) is 0 Å². The Kier molecular flexibility index (Phi) is 8.76. The summed E-state index contributed by atoms with van der Waals surface area (Å²) < 4.78 is 14.0. The van der Waals surface area contributed by atoms with Crippen molar-refractivity contribution in [1.82, 2.24) is 19.6 Å². The summed E-state index contributed by atoms with van der Waals surface area (Å²) in [7, 11) is 1.85. The highest BCUT2D eigenvalue weighted by Crippen LogP contribution is 2.18. The van der Waals surface area contributed by atoms with Crippen molar-refractivity contribution >= 4 is 35.6 Å². The fraction of sp³-hybridized carbons (Fsp3) is 0.636. The van der Waals surface area contributed by atoms with Crippen LogP contribution in [0, 0.1) is 6.92 Å². The Morgan fingerprint density at radius 3 is 2.87 bits per heavy atom. The summed E-state index contributed by atoms with van der Waals surface area (Å²) in [5, 5.41) is 3.47. The van der Waals surface area contributed by atoms with Gasteiger partial charge in [-0.15, -0.1) is 24.0 Å². The maximum Gasteiger partial charge on any atom is 0.193 e. The third kappa shape index (κ3) is 6.07. The van der Waals surface area contributed by atoms with Crippen molar-refractivity contribution in [3.05, 3.63) is 35.8 Å². The molecule has 7 nitrogen and oxygen atoms in total. The lowest BCUT2D eigenvalue weighted by molar-refractivity contribution is -0.0721. The first-order chi connectivity index (χ1) is 14.2. The Hall–Kier alpha value is -1.39. The van der Waals surface area contributed by atoms with Crippen molar-refractivity contribution in [2.24, 2.45) is 4.99 Å². The zero-order chi connectivity index (χ0) is 20.1. The molecule has 4 rings (SSSR count). The standard InChI is InChI=1S/C22H33N5O2.HI/c1-17-6-9-27-15-18(25-21(27)13-17)14-24-22(23-2)26-10-7-19(8-11-26)29-16-20-5-3-4-12-28-20;/h6,9,13,15,19-20H,3-5,7-8,10-12,14,16H2,1-2H3,(H,23,24);1H. The fourth-order valence-corrected chi connectivity index (χ4v) is 4.14. The Balaban J connectivity index is 0.00000256. The van der Waals surface area contributed by atoms with Crippen LogP contribution in [0.25, 0.3) is 5.65 Å². The smallest absolute Gasteiger partial charge is 0.193 e. The molecular weight excluding hydrogens is 493 g/mol. The Morgan fingerprint density at radius 2 is 2.13 bits per heavy atom. The average molecular weight is 527 g/mol. The van der Waals surface area contributed by atoms with Gasteiger partial charge in [-0.05, 0) is 56.7 Å². The van der Waals surface area contributed by atoms with Gasteiger partial charge in [0.15, 0.2) is 5.96 Å². The highest BCUT2D eigenvalue weighted by molar-refractivity contribution is 14.0. The molecule has 0 bridgehead atoms. The number of halogens is 1. The summed E-state index contributed by atoms with van der Waals surface area (Å²) in [5.41, 5.74) is 3.22. The molecule has 2 saturated heterocycles. The minimum atomic E-state index is 0. The van der Waals surface area contributed by atoms with Crippen LogP contribution in [0.15, 0.2) is 29.5 Å². The Morgan fingerprint density at radius 1 is 1.30 bits per heavy atom. The molecule has 1 N–H and O–H groups in total. The lowest BCUT2D eigenvalue weighted by Crippen LogP contribution is -2.47. The van der Waals surface area contributed by atoms with Gasteiger partial charge in [0.05, 0.1) is 31.1 Å². The van der Waals surface area contributed by atoms with E-state index < -0.39 is 0 Å². The number of hydrogen-bond donors (Lipinski definition) is 1. The van der Waals surface area contributed by atoms with Gasteiger partial charge in [-0.1, -0.05) is 0 Å². The molecule has 2 aliphatic rings. The number of nitrogens with one attached hydrogen (secondary N) is 1. The van der Waals surface area contributed by atoms with Gasteiger partial charge in [0, 0.05) is 39.1 Å². The van der Waals surface area contributed by atoms with E-state index in [9.17, 15) is 0 Å². The van der Waals surface area contributed by atoms with E-state index in [0.29, 0.717) is 18.8 Å². The summed E-state index contributed by atoms with van der Waals surface area (Å²) in [5.74, 6) is 0.937. The monoisotopic (exact) mass is 527 g/mol. The lowest BCUT2D eigenvalue weighted by Gasteiger charge is -2.35. The number of aryl methyl sites for hydroxylation is 1. The third-order valence-electron chi connectivity index (χ3n) is 5.84. The molecule has 8 heteroatoms. The lowest BCUT2D eigenvalue weighted by atomic mass is 10.1. The first-order valence-corrected chi connectivity index (χ1v) is 10.8. The highest BCUT2D eigenvalue weighted by atomic mass is 127. The third-order valence-corrected chi connectivity index (χ3v) is 5.84. The number of fused-ring (bicyclic) bond motifs is 1. The van der Waals surface area contributed by atoms with Crippen molar-refractivity contribution in [3.8, 4) is 0 Å². The van der Waals surface area contributed by atoms with E-state index in [0.717, 1.165) is 62.9 Å². The van der Waals surface area contributed by atoms with Crippen LogP contribution in [-0.2, 0) is 16.0 Å². The molecule has 1 unspecified atom stereocenters. The van der Waals surface area contributed by atoms with Crippen LogP contribution in [-0.4, -0.2) is 65.8 Å². The summed E-state index contributed by atoms with van der Waals surface area (Å²) in [4.78, 5) is 11.5. The Bertz CT molecular complexity index is 826. The molecule has 0 aromatic carbocycles. The van der Waals surface area contributed by atoms with E-state index in [-0.39, 0.29) is 24.0 Å². The van der Waals surface area contributed by atoms with E-state index >= 15 is 0 Å². The molecule has 0 aliphatic carbocycles. The molecule has 2 aromatic rings. The summed E-state index contributed by atoms with van der Waals surface area (Å²) in [6.45, 7) is 6.30. The molecule has 0 spiro atoms. The summed E-state index contributed by atoms with van der Waals surface area (Å²) in [6, 6.07) is 4.19. The van der Waals surface area contributed by atoms with Crippen LogP contribution in [0.5, 0.6) is 0 Å². The summed E-state index contributed by atoms with van der Waals surface area (Å²) in [6.07, 6.45) is 10.4. The maximum atomic E-state index is 6.13. The number of pyridine rings is 1. The van der Waals surface area contributed by atoms with Gasteiger partial charge in [0.25, 0.3) is 0 Å². The quantitative estimate of drug-likeness (QED) is 0.367. The first-order valence-electron chi connectivity index (χ1n) is 10.8. The number of rotatable bonds is 5. The molecule has 2 aliphatic heterocycles. The van der Waals surface area contributed by atoms with E-state index in [1.54, 1.807) is 0 Å². The van der Waals surface area contributed by atoms with Crippen molar-refractivity contribution < 1.29 is 9.47 Å². The average Bonchev–Trinajstić information content (AvgIpc) is 3.16. The van der Waals surface area contributed by atoms with Crippen molar-refractivity contribution in [2.75, 3.05) is 33.4 Å². The maximum absolute atomic E-state index is 6.13. The van der Waals surface area contributed by atoms with E-state index in [1.165, 1.54) is 18.4 Å². The molecule has 1 atom stereocenters. The van der Waals surface area contributed by atoms with Crippen LogP contribution in [0.3, 0.4) is 0 Å². The minimum Gasteiger partial charge on any atom is -0.376 e. The van der Waals surface area contributed by atoms with E-state index in [2.05, 4.69) is 51.1 Å². The second-order valence-corrected chi connectivity index (χ2v) is 8.11. The predicted octanol–water partition coefficient (Wildman–Crippen LogP) is 3.39. The second-order valence-electron chi connectivity index (χ2n) is 8.11. The largest absolute Gasteiger partial charge is 0.376 e. The fourth-order valence-electron chi connectivity index (χ4n) is 4.14. The van der Waals surface area contributed by atoms with Crippen LogP contribution < -0.4 is 5.32 Å². The number of imidazole rings is 1. The molecule has 0 amide bonds. The number of aliphatic imine (C=N–C) groups is 1. The van der Waals surface area contributed by atoms with Gasteiger partial charge < -0.3 is 24.1 Å². The van der Waals surface area contributed by atoms with Gasteiger partial charge in [-0.2, -0.15) is 0 Å². The van der Waals surface area contributed by atoms with Gasteiger partial charge in [-0.3, -0.25) is 4.99 Å². The molecule has 4 heterocycles. The van der Waals surface area contributed by atoms with Crippen LogP contribution in [0.2, 0.25) is 0 Å². The zero-order valence-corrected chi connectivity index (χ0v) is 20.4. The van der Waals surface area contributed by atoms with Crippen molar-refractivity contribution in [3.63, 3.8) is 0 Å². The molecule has 0 saturated carbocycles. The number of ether oxygens (including phenoxy) is 2. The normalized spacial score (nSPS) is 20.9. The number of aromatic nitrogens is 2. The number of hydrogen-bond acceptors (Lipinski definition) is 4. The van der Waals surface area contributed by atoms with E-state index in [4.69, 9.17) is 14.5 Å². The Labute approximate surface area is 196 Å². The van der Waals surface area contributed by atoms with Gasteiger partial charge in [-0.25, -0.2) is 4.98 Å². The van der Waals surface area contributed by atoms with Gasteiger partial charge >= 0.3 is 0 Å².